The van der Waals surface area contributed by atoms with Crippen molar-refractivity contribution in [1.82, 2.24) is 5.32 Å². The number of aliphatic hydroxyl groups is 1. The molecule has 0 saturated carbocycles. The van der Waals surface area contributed by atoms with E-state index in [0.717, 1.165) is 18.7 Å². The van der Waals surface area contributed by atoms with Gasteiger partial charge in [0.2, 0.25) is 5.91 Å². The molecule has 1 heterocycles. The van der Waals surface area contributed by atoms with Crippen LogP contribution in [-0.2, 0) is 4.79 Å². The quantitative estimate of drug-likeness (QED) is 0.873. The molecule has 0 radical (unpaired) electrons. The molecule has 0 aliphatic carbocycles. The molecule has 0 bridgehead atoms. The molecule has 0 aromatic heterocycles. The number of anilines is 1. The molecule has 104 valence electrons. The normalized spacial score (nSPS) is 20.4. The smallest absolute Gasteiger partial charge is 0.217 e. The zero-order valence-corrected chi connectivity index (χ0v) is 11.2. The number of nitrogens with zero attached hydrogens (tertiary/aromatic N) is 1. The lowest BCUT2D eigenvalue weighted by Crippen LogP contribution is -2.35. The van der Waals surface area contributed by atoms with Crippen molar-refractivity contribution in [3.05, 3.63) is 29.6 Å². The SMILES string of the molecule is CC(=O)NC1CCN(c2ccc(F)cc2[C@@H](C)O)C1. The van der Waals surface area contributed by atoms with Gasteiger partial charge < -0.3 is 15.3 Å². The van der Waals surface area contributed by atoms with E-state index in [9.17, 15) is 14.3 Å². The van der Waals surface area contributed by atoms with Crippen molar-refractivity contribution in [2.75, 3.05) is 18.0 Å². The van der Waals surface area contributed by atoms with E-state index < -0.39 is 6.10 Å². The molecule has 1 fully saturated rings. The number of benzene rings is 1. The van der Waals surface area contributed by atoms with Crippen molar-refractivity contribution in [3.63, 3.8) is 0 Å². The lowest BCUT2D eigenvalue weighted by Gasteiger charge is -2.23. The van der Waals surface area contributed by atoms with Gasteiger partial charge in [-0.15, -0.1) is 0 Å². The zero-order chi connectivity index (χ0) is 14.0. The molecule has 19 heavy (non-hydrogen) atoms. The fraction of sp³-hybridized carbons (Fsp3) is 0.500. The van der Waals surface area contributed by atoms with Crippen LogP contribution in [0.25, 0.3) is 0 Å². The Balaban J connectivity index is 2.17. The van der Waals surface area contributed by atoms with Crippen LogP contribution in [0.15, 0.2) is 18.2 Å². The highest BCUT2D eigenvalue weighted by Gasteiger charge is 2.25. The van der Waals surface area contributed by atoms with Crippen molar-refractivity contribution in [2.45, 2.75) is 32.4 Å². The van der Waals surface area contributed by atoms with Gasteiger partial charge in [-0.25, -0.2) is 4.39 Å². The standard InChI is InChI=1S/C14H19FN2O2/c1-9(18)13-7-11(15)3-4-14(13)17-6-5-12(8-17)16-10(2)19/h3-4,7,9,12,18H,5-6,8H2,1-2H3,(H,16,19)/t9-,12?/m1/s1. The summed E-state index contributed by atoms with van der Waals surface area (Å²) in [7, 11) is 0. The Morgan fingerprint density at radius 2 is 2.32 bits per heavy atom. The highest BCUT2D eigenvalue weighted by Crippen LogP contribution is 2.29. The largest absolute Gasteiger partial charge is 0.389 e. The highest BCUT2D eigenvalue weighted by atomic mass is 19.1. The fourth-order valence-electron chi connectivity index (χ4n) is 2.53. The van der Waals surface area contributed by atoms with Gasteiger partial charge in [-0.1, -0.05) is 0 Å². The summed E-state index contributed by atoms with van der Waals surface area (Å²) >= 11 is 0. The van der Waals surface area contributed by atoms with Crippen LogP contribution in [0.3, 0.4) is 0 Å². The van der Waals surface area contributed by atoms with Gasteiger partial charge in [0.1, 0.15) is 5.82 Å². The van der Waals surface area contributed by atoms with Crippen molar-refractivity contribution < 1.29 is 14.3 Å². The Hall–Kier alpha value is -1.62. The second-order valence-corrected chi connectivity index (χ2v) is 5.01. The first kappa shape index (κ1) is 13.8. The molecular formula is C14H19FN2O2. The van der Waals surface area contributed by atoms with Crippen LogP contribution in [-0.4, -0.2) is 30.1 Å². The molecule has 1 saturated heterocycles. The maximum Gasteiger partial charge on any atom is 0.217 e. The summed E-state index contributed by atoms with van der Waals surface area (Å²) < 4.78 is 13.3. The maximum absolute atomic E-state index is 13.3. The number of hydrogen-bond donors (Lipinski definition) is 2. The van der Waals surface area contributed by atoms with Crippen LogP contribution in [0.1, 0.15) is 31.9 Å². The lowest BCUT2D eigenvalue weighted by atomic mass is 10.1. The minimum atomic E-state index is -0.717. The van der Waals surface area contributed by atoms with Crippen LogP contribution < -0.4 is 10.2 Å². The molecule has 2 N–H and O–H groups in total. The summed E-state index contributed by atoms with van der Waals surface area (Å²) in [5.41, 5.74) is 1.42. The number of aliphatic hydroxyl groups excluding tert-OH is 1. The van der Waals surface area contributed by atoms with Gasteiger partial charge in [-0.05, 0) is 31.5 Å². The number of nitrogens with one attached hydrogen (secondary N) is 1. The van der Waals surface area contributed by atoms with Crippen LogP contribution in [0.5, 0.6) is 0 Å². The second kappa shape index (κ2) is 5.57. The Labute approximate surface area is 112 Å². The molecule has 2 rings (SSSR count). The fourth-order valence-corrected chi connectivity index (χ4v) is 2.53. The Bertz CT molecular complexity index is 477. The number of halogens is 1. The molecule has 0 spiro atoms. The molecule has 1 aromatic rings. The predicted octanol–water partition coefficient (Wildman–Crippen LogP) is 1.59. The molecule has 1 aliphatic rings. The summed E-state index contributed by atoms with van der Waals surface area (Å²) in [4.78, 5) is 13.1. The van der Waals surface area contributed by atoms with Crippen molar-refractivity contribution in [3.8, 4) is 0 Å². The lowest BCUT2D eigenvalue weighted by molar-refractivity contribution is -0.119. The van der Waals surface area contributed by atoms with E-state index in [1.165, 1.54) is 19.1 Å². The van der Waals surface area contributed by atoms with Gasteiger partial charge in [0.15, 0.2) is 0 Å². The summed E-state index contributed by atoms with van der Waals surface area (Å²) in [5.74, 6) is -0.390. The van der Waals surface area contributed by atoms with Gasteiger partial charge in [-0.3, -0.25) is 4.79 Å². The first-order chi connectivity index (χ1) is 8.97. The van der Waals surface area contributed by atoms with E-state index in [2.05, 4.69) is 10.2 Å². The van der Waals surface area contributed by atoms with Crippen LogP contribution in [0.4, 0.5) is 10.1 Å². The number of amides is 1. The van der Waals surface area contributed by atoms with Crippen molar-refractivity contribution >= 4 is 11.6 Å². The van der Waals surface area contributed by atoms with Crippen molar-refractivity contribution in [2.24, 2.45) is 0 Å². The van der Waals surface area contributed by atoms with Crippen LogP contribution in [0, 0.1) is 5.82 Å². The predicted molar refractivity (Wildman–Crippen MR) is 71.5 cm³/mol. The number of rotatable bonds is 3. The Kier molecular flexibility index (Phi) is 4.04. The molecule has 2 atom stereocenters. The van der Waals surface area contributed by atoms with E-state index in [0.29, 0.717) is 12.1 Å². The van der Waals surface area contributed by atoms with Gasteiger partial charge in [0.05, 0.1) is 6.10 Å². The van der Waals surface area contributed by atoms with Crippen LogP contribution in [0.2, 0.25) is 0 Å². The van der Waals surface area contributed by atoms with Crippen molar-refractivity contribution in [1.29, 1.82) is 0 Å². The maximum atomic E-state index is 13.3. The molecule has 1 amide bonds. The van der Waals surface area contributed by atoms with Crippen LogP contribution >= 0.6 is 0 Å². The monoisotopic (exact) mass is 266 g/mol. The third-order valence-corrected chi connectivity index (χ3v) is 3.38. The third-order valence-electron chi connectivity index (χ3n) is 3.38. The first-order valence-electron chi connectivity index (χ1n) is 6.47. The minimum Gasteiger partial charge on any atom is -0.389 e. The molecular weight excluding hydrogens is 247 g/mol. The van der Waals surface area contributed by atoms with E-state index >= 15 is 0 Å². The second-order valence-electron chi connectivity index (χ2n) is 5.01. The average molecular weight is 266 g/mol. The van der Waals surface area contributed by atoms with E-state index in [1.807, 2.05) is 0 Å². The number of carbonyl (C=O) groups is 1. The Morgan fingerprint density at radius 3 is 2.95 bits per heavy atom. The number of hydrogen-bond acceptors (Lipinski definition) is 3. The zero-order valence-electron chi connectivity index (χ0n) is 11.2. The van der Waals surface area contributed by atoms with E-state index in [-0.39, 0.29) is 17.8 Å². The van der Waals surface area contributed by atoms with Gasteiger partial charge >= 0.3 is 0 Å². The van der Waals surface area contributed by atoms with Gasteiger partial charge in [0, 0.05) is 37.3 Å². The summed E-state index contributed by atoms with van der Waals surface area (Å²) in [6.07, 6.45) is 0.140. The van der Waals surface area contributed by atoms with Gasteiger partial charge in [0.25, 0.3) is 0 Å². The molecule has 5 heteroatoms. The summed E-state index contributed by atoms with van der Waals surface area (Å²) in [6, 6.07) is 4.57. The van der Waals surface area contributed by atoms with Gasteiger partial charge in [-0.2, -0.15) is 0 Å². The minimum absolute atomic E-state index is 0.0401. The first-order valence-corrected chi connectivity index (χ1v) is 6.47. The highest BCUT2D eigenvalue weighted by molar-refractivity contribution is 5.73. The Morgan fingerprint density at radius 1 is 1.58 bits per heavy atom. The van der Waals surface area contributed by atoms with E-state index in [1.54, 1.807) is 13.0 Å². The average Bonchev–Trinajstić information content (AvgIpc) is 2.76. The molecule has 1 aromatic carbocycles. The number of carbonyl (C=O) groups excluding carboxylic acids is 1. The van der Waals surface area contributed by atoms with E-state index in [4.69, 9.17) is 0 Å². The molecule has 4 nitrogen and oxygen atoms in total. The summed E-state index contributed by atoms with van der Waals surface area (Å²) in [5, 5.41) is 12.6. The topological polar surface area (TPSA) is 52.6 Å². The molecule has 1 unspecified atom stereocenters. The third kappa shape index (κ3) is 3.23. The molecule has 1 aliphatic heterocycles. The summed E-state index contributed by atoms with van der Waals surface area (Å²) in [6.45, 7) is 4.60.